The van der Waals surface area contributed by atoms with Gasteiger partial charge in [-0.15, -0.1) is 11.3 Å². The molecule has 0 aliphatic heterocycles. The molecule has 0 aliphatic rings. The quantitative estimate of drug-likeness (QED) is 0.492. The highest BCUT2D eigenvalue weighted by molar-refractivity contribution is 7.93. The lowest BCUT2D eigenvalue weighted by atomic mass is 10.1. The van der Waals surface area contributed by atoms with Gasteiger partial charge in [-0.3, -0.25) is 14.1 Å². The summed E-state index contributed by atoms with van der Waals surface area (Å²) in [6.45, 7) is 0. The minimum absolute atomic E-state index is 0.00932. The summed E-state index contributed by atoms with van der Waals surface area (Å²) < 4.78 is 66.8. The molecule has 30 heavy (non-hydrogen) atoms. The predicted molar refractivity (Wildman–Crippen MR) is 106 cm³/mol. The summed E-state index contributed by atoms with van der Waals surface area (Å²) in [6.07, 6.45) is -1.58. The molecule has 0 radical (unpaired) electrons. The van der Waals surface area contributed by atoms with E-state index in [-0.39, 0.29) is 15.6 Å². The highest BCUT2D eigenvalue weighted by Gasteiger charge is 2.30. The third-order valence-electron chi connectivity index (χ3n) is 4.30. The summed E-state index contributed by atoms with van der Waals surface area (Å²) in [6, 6.07) is 9.66. The Kier molecular flexibility index (Phi) is 4.86. The van der Waals surface area contributed by atoms with E-state index in [1.54, 1.807) is 11.4 Å². The molecule has 2 heterocycles. The van der Waals surface area contributed by atoms with Crippen molar-refractivity contribution in [1.82, 2.24) is 9.55 Å². The maximum atomic E-state index is 12.7. The fourth-order valence-corrected chi connectivity index (χ4v) is 4.68. The van der Waals surface area contributed by atoms with Gasteiger partial charge in [-0.05, 0) is 48.5 Å². The van der Waals surface area contributed by atoms with E-state index >= 15 is 0 Å². The average Bonchev–Trinajstić information content (AvgIpc) is 3.35. The van der Waals surface area contributed by atoms with Gasteiger partial charge >= 0.3 is 6.18 Å². The summed E-state index contributed by atoms with van der Waals surface area (Å²) >= 11 is 1.14. The van der Waals surface area contributed by atoms with Crippen LogP contribution in [0.15, 0.2) is 71.2 Å². The molecule has 0 spiro atoms. The van der Waals surface area contributed by atoms with Crippen molar-refractivity contribution in [3.05, 3.63) is 77.4 Å². The molecule has 0 amide bonds. The molecule has 0 saturated heterocycles. The number of carbonyl (C=O) groups is 1. The normalized spacial score (nSPS) is 12.2. The topological polar surface area (TPSA) is 81.1 Å². The summed E-state index contributed by atoms with van der Waals surface area (Å²) in [5.41, 5.74) is -0.352. The SMILES string of the molecule is O=C(c1ccc(C(F)(F)F)cc1)n1ccc2cc(S(=O)(=O)Nc3nccs3)ccc21. The van der Waals surface area contributed by atoms with Crippen LogP contribution in [0.25, 0.3) is 10.9 Å². The Morgan fingerprint density at radius 3 is 2.43 bits per heavy atom. The molecule has 4 rings (SSSR count). The Bertz CT molecular complexity index is 1330. The average molecular weight is 451 g/mol. The zero-order chi connectivity index (χ0) is 21.5. The lowest BCUT2D eigenvalue weighted by Gasteiger charge is -2.09. The second kappa shape index (κ2) is 7.26. The molecule has 6 nitrogen and oxygen atoms in total. The first-order valence-corrected chi connectivity index (χ1v) is 10.8. The third-order valence-corrected chi connectivity index (χ3v) is 6.46. The number of hydrogen-bond acceptors (Lipinski definition) is 5. The van der Waals surface area contributed by atoms with Crippen LogP contribution in [0.3, 0.4) is 0 Å². The van der Waals surface area contributed by atoms with Crippen LogP contribution in [0, 0.1) is 0 Å². The van der Waals surface area contributed by atoms with Crippen LogP contribution in [-0.2, 0) is 16.2 Å². The van der Waals surface area contributed by atoms with E-state index in [1.807, 2.05) is 0 Å². The monoisotopic (exact) mass is 451 g/mol. The molecular weight excluding hydrogens is 439 g/mol. The minimum atomic E-state index is -4.49. The molecule has 2 aromatic heterocycles. The zero-order valence-electron chi connectivity index (χ0n) is 14.9. The van der Waals surface area contributed by atoms with Gasteiger partial charge in [0, 0.05) is 28.7 Å². The summed E-state index contributed by atoms with van der Waals surface area (Å²) in [4.78, 5) is 16.6. The van der Waals surface area contributed by atoms with Gasteiger partial charge in [-0.2, -0.15) is 13.2 Å². The third kappa shape index (κ3) is 3.81. The standard InChI is InChI=1S/C19H12F3N3O3S2/c20-19(21,22)14-3-1-12(2-4-14)17(26)25-9-7-13-11-15(5-6-16(13)25)30(27,28)24-18-23-8-10-29-18/h1-11H,(H,23,24). The Labute approximate surface area is 172 Å². The first kappa shape index (κ1) is 20.1. The van der Waals surface area contributed by atoms with E-state index in [9.17, 15) is 26.4 Å². The molecular formula is C19H12F3N3O3S2. The fraction of sp³-hybridized carbons (Fsp3) is 0.0526. The Balaban J connectivity index is 1.64. The van der Waals surface area contributed by atoms with Gasteiger partial charge in [0.2, 0.25) is 0 Å². The number of alkyl halides is 3. The summed E-state index contributed by atoms with van der Waals surface area (Å²) in [5.74, 6) is -0.532. The van der Waals surface area contributed by atoms with Crippen molar-refractivity contribution in [2.24, 2.45) is 0 Å². The molecule has 0 aliphatic carbocycles. The molecule has 1 N–H and O–H groups in total. The van der Waals surface area contributed by atoms with E-state index in [0.717, 1.165) is 35.6 Å². The van der Waals surface area contributed by atoms with Crippen molar-refractivity contribution in [2.75, 3.05) is 4.72 Å². The van der Waals surface area contributed by atoms with E-state index in [4.69, 9.17) is 0 Å². The van der Waals surface area contributed by atoms with Crippen LogP contribution in [0.5, 0.6) is 0 Å². The second-order valence-corrected chi connectivity index (χ2v) is 8.81. The minimum Gasteiger partial charge on any atom is -0.283 e. The molecule has 11 heteroatoms. The zero-order valence-corrected chi connectivity index (χ0v) is 16.6. The van der Waals surface area contributed by atoms with Crippen molar-refractivity contribution in [1.29, 1.82) is 0 Å². The molecule has 2 aromatic carbocycles. The van der Waals surface area contributed by atoms with Crippen molar-refractivity contribution < 1.29 is 26.4 Å². The number of carbonyl (C=O) groups excluding carboxylic acids is 1. The number of rotatable bonds is 4. The lowest BCUT2D eigenvalue weighted by molar-refractivity contribution is -0.137. The van der Waals surface area contributed by atoms with Gasteiger partial charge < -0.3 is 0 Å². The highest BCUT2D eigenvalue weighted by Crippen LogP contribution is 2.29. The highest BCUT2D eigenvalue weighted by atomic mass is 32.2. The lowest BCUT2D eigenvalue weighted by Crippen LogP contribution is -2.13. The second-order valence-electron chi connectivity index (χ2n) is 6.23. The number of fused-ring (bicyclic) bond motifs is 1. The molecule has 0 fully saturated rings. The molecule has 0 unspecified atom stereocenters. The van der Waals surface area contributed by atoms with Crippen LogP contribution in [0.2, 0.25) is 0 Å². The van der Waals surface area contributed by atoms with Crippen molar-refractivity contribution in [2.45, 2.75) is 11.1 Å². The van der Waals surface area contributed by atoms with E-state index < -0.39 is 27.7 Å². The number of benzene rings is 2. The van der Waals surface area contributed by atoms with Gasteiger partial charge in [0.25, 0.3) is 15.9 Å². The number of sulfonamides is 1. The van der Waals surface area contributed by atoms with Gasteiger partial charge in [-0.1, -0.05) is 0 Å². The predicted octanol–water partition coefficient (Wildman–Crippen LogP) is 4.61. The molecule has 0 bridgehead atoms. The Morgan fingerprint density at radius 1 is 1.07 bits per heavy atom. The number of thiazole rings is 1. The molecule has 0 atom stereocenters. The van der Waals surface area contributed by atoms with Crippen LogP contribution < -0.4 is 4.72 Å². The van der Waals surface area contributed by atoms with Crippen molar-refractivity contribution in [3.63, 3.8) is 0 Å². The maximum absolute atomic E-state index is 12.7. The van der Waals surface area contributed by atoms with E-state index in [0.29, 0.717) is 10.9 Å². The van der Waals surface area contributed by atoms with Crippen molar-refractivity contribution in [3.8, 4) is 0 Å². The van der Waals surface area contributed by atoms with Crippen LogP contribution in [0.4, 0.5) is 18.3 Å². The van der Waals surface area contributed by atoms with E-state index in [1.165, 1.54) is 35.2 Å². The maximum Gasteiger partial charge on any atom is 0.416 e. The number of nitrogens with one attached hydrogen (secondary N) is 1. The van der Waals surface area contributed by atoms with Crippen molar-refractivity contribution >= 4 is 43.3 Å². The number of halogens is 3. The number of anilines is 1. The Morgan fingerprint density at radius 2 is 1.80 bits per heavy atom. The van der Waals surface area contributed by atoms with Crippen LogP contribution >= 0.6 is 11.3 Å². The number of nitrogens with zero attached hydrogens (tertiary/aromatic N) is 2. The van der Waals surface area contributed by atoms with Gasteiger partial charge in [0.15, 0.2) is 5.13 Å². The number of hydrogen-bond donors (Lipinski definition) is 1. The van der Waals surface area contributed by atoms with Gasteiger partial charge in [0.1, 0.15) is 0 Å². The fourth-order valence-electron chi connectivity index (χ4n) is 2.85. The largest absolute Gasteiger partial charge is 0.416 e. The summed E-state index contributed by atoms with van der Waals surface area (Å²) in [7, 11) is -3.86. The first-order valence-electron chi connectivity index (χ1n) is 8.40. The Hall–Kier alpha value is -3.18. The van der Waals surface area contributed by atoms with Gasteiger partial charge in [0.05, 0.1) is 16.0 Å². The first-order chi connectivity index (χ1) is 14.1. The molecule has 154 valence electrons. The molecule has 0 saturated carbocycles. The van der Waals surface area contributed by atoms with E-state index in [2.05, 4.69) is 9.71 Å². The summed E-state index contributed by atoms with van der Waals surface area (Å²) in [5, 5.41) is 2.34. The molecule has 4 aromatic rings. The van der Waals surface area contributed by atoms with Crippen LogP contribution in [0.1, 0.15) is 15.9 Å². The van der Waals surface area contributed by atoms with Gasteiger partial charge in [-0.25, -0.2) is 13.4 Å². The number of aromatic nitrogens is 2. The van der Waals surface area contributed by atoms with Crippen LogP contribution in [-0.4, -0.2) is 23.9 Å². The smallest absolute Gasteiger partial charge is 0.283 e.